The molecule has 1 rings (SSSR count). The Labute approximate surface area is 126 Å². The molecule has 0 aliphatic heterocycles. The Morgan fingerprint density at radius 3 is 1.76 bits per heavy atom. The molecule has 0 atom stereocenters. The van der Waals surface area contributed by atoms with Gasteiger partial charge in [-0.05, 0) is 12.8 Å². The molecule has 1 aromatic rings. The number of nitrogens with zero attached hydrogens (tertiary/aromatic N) is 2. The van der Waals surface area contributed by atoms with Gasteiger partial charge in [-0.1, -0.05) is 65.2 Å². The number of hydrogen-bond donors (Lipinski definition) is 0. The Kier molecular flexibility index (Phi) is 9.19. The van der Waals surface area contributed by atoms with Crippen molar-refractivity contribution in [2.75, 3.05) is 0 Å². The maximum absolute atomic E-state index is 12.6. The highest BCUT2D eigenvalue weighted by Crippen LogP contribution is 2.29. The monoisotopic (exact) mass is 302 g/mol. The smallest absolute Gasteiger partial charge is 0.314 e. The second kappa shape index (κ2) is 10.7. The van der Waals surface area contributed by atoms with Crippen molar-refractivity contribution in [3.05, 3.63) is 11.8 Å². The van der Waals surface area contributed by atoms with Gasteiger partial charge in [0, 0.05) is 5.92 Å². The highest BCUT2D eigenvalue weighted by molar-refractivity contribution is 4.92. The molecule has 0 amide bonds. The third kappa shape index (κ3) is 7.00. The Morgan fingerprint density at radius 1 is 0.810 bits per heavy atom. The molecule has 5 heteroatoms. The van der Waals surface area contributed by atoms with Crippen LogP contribution in [0.3, 0.4) is 0 Å². The third-order valence-electron chi connectivity index (χ3n) is 3.80. The number of unbranched alkanes of at least 4 members (excludes halogenated alkanes) is 6. The predicted octanol–water partition coefficient (Wildman–Crippen LogP) is 6.03. The van der Waals surface area contributed by atoms with Crippen molar-refractivity contribution in [1.82, 2.24) is 10.2 Å². The lowest BCUT2D eigenvalue weighted by molar-refractivity contribution is 0.112. The number of alkyl halides is 2. The van der Waals surface area contributed by atoms with Crippen molar-refractivity contribution in [2.45, 2.75) is 90.4 Å². The molecular weight excluding hydrogens is 274 g/mol. The summed E-state index contributed by atoms with van der Waals surface area (Å²) in [4.78, 5) is 0. The predicted molar refractivity (Wildman–Crippen MR) is 79.5 cm³/mol. The van der Waals surface area contributed by atoms with E-state index in [1.807, 2.05) is 0 Å². The zero-order chi connectivity index (χ0) is 15.5. The fraction of sp³-hybridized carbons (Fsp3) is 0.875. The normalized spacial score (nSPS) is 11.7. The lowest BCUT2D eigenvalue weighted by atomic mass is 9.94. The minimum absolute atomic E-state index is 0.138. The molecule has 3 nitrogen and oxygen atoms in total. The van der Waals surface area contributed by atoms with Crippen molar-refractivity contribution >= 4 is 0 Å². The molecule has 0 saturated carbocycles. The van der Waals surface area contributed by atoms with E-state index < -0.39 is 12.3 Å². The number of aromatic nitrogens is 2. The zero-order valence-corrected chi connectivity index (χ0v) is 13.3. The van der Waals surface area contributed by atoms with Gasteiger partial charge >= 0.3 is 6.43 Å². The number of rotatable bonds is 12. The van der Waals surface area contributed by atoms with E-state index in [1.54, 1.807) is 0 Å². The molecule has 0 aromatic carbocycles. The lowest BCUT2D eigenvalue weighted by Crippen LogP contribution is -2.00. The second-order valence-electron chi connectivity index (χ2n) is 5.67. The lowest BCUT2D eigenvalue weighted by Gasteiger charge is -2.12. The van der Waals surface area contributed by atoms with E-state index in [1.165, 1.54) is 38.5 Å². The van der Waals surface area contributed by atoms with Gasteiger partial charge in [0.15, 0.2) is 0 Å². The first-order valence-electron chi connectivity index (χ1n) is 8.30. The van der Waals surface area contributed by atoms with Gasteiger partial charge in [0.1, 0.15) is 0 Å². The molecule has 0 N–H and O–H groups in total. The number of halogens is 2. The summed E-state index contributed by atoms with van der Waals surface area (Å²) in [5, 5.41) is 7.30. The van der Waals surface area contributed by atoms with E-state index in [-0.39, 0.29) is 5.92 Å². The number of hydrogen-bond acceptors (Lipinski definition) is 3. The topological polar surface area (TPSA) is 38.9 Å². The Morgan fingerprint density at radius 2 is 1.33 bits per heavy atom. The van der Waals surface area contributed by atoms with Crippen LogP contribution in [0.25, 0.3) is 0 Å². The van der Waals surface area contributed by atoms with Gasteiger partial charge in [-0.15, -0.1) is 10.2 Å². The van der Waals surface area contributed by atoms with Crippen LogP contribution in [0.4, 0.5) is 8.78 Å². The van der Waals surface area contributed by atoms with Gasteiger partial charge in [-0.3, -0.25) is 0 Å². The molecule has 0 aliphatic rings. The third-order valence-corrected chi connectivity index (χ3v) is 3.80. The Bertz CT molecular complexity index is 357. The maximum atomic E-state index is 12.6. The van der Waals surface area contributed by atoms with Gasteiger partial charge in [-0.25, -0.2) is 0 Å². The molecule has 122 valence electrons. The standard InChI is InChI=1S/C16H28F2N2O/c1-3-5-7-9-11-13(12-10-8-6-4-2)15-19-20-16(21-15)14(17)18/h13-14H,3-12H2,1-2H3. The van der Waals surface area contributed by atoms with E-state index in [2.05, 4.69) is 24.0 Å². The summed E-state index contributed by atoms with van der Waals surface area (Å²) in [7, 11) is 0. The van der Waals surface area contributed by atoms with E-state index >= 15 is 0 Å². The molecule has 0 fully saturated rings. The summed E-state index contributed by atoms with van der Waals surface area (Å²) in [6, 6.07) is 0. The minimum Gasteiger partial charge on any atom is -0.419 e. The van der Waals surface area contributed by atoms with E-state index in [0.717, 1.165) is 25.7 Å². The zero-order valence-electron chi connectivity index (χ0n) is 13.3. The largest absolute Gasteiger partial charge is 0.419 e. The average Bonchev–Trinajstić information content (AvgIpc) is 2.95. The van der Waals surface area contributed by atoms with Crippen LogP contribution < -0.4 is 0 Å². The Balaban J connectivity index is 2.52. The fourth-order valence-corrected chi connectivity index (χ4v) is 2.53. The molecule has 1 aromatic heterocycles. The SMILES string of the molecule is CCCCCCC(CCCCCC)c1nnc(C(F)F)o1. The second-order valence-corrected chi connectivity index (χ2v) is 5.67. The van der Waals surface area contributed by atoms with Crippen molar-refractivity contribution in [1.29, 1.82) is 0 Å². The van der Waals surface area contributed by atoms with Crippen LogP contribution in [0.5, 0.6) is 0 Å². The van der Waals surface area contributed by atoms with Gasteiger partial charge in [0.05, 0.1) is 0 Å². The first-order valence-corrected chi connectivity index (χ1v) is 8.30. The molecule has 0 saturated heterocycles. The Hall–Kier alpha value is -1.00. The van der Waals surface area contributed by atoms with Crippen LogP contribution in [0, 0.1) is 0 Å². The van der Waals surface area contributed by atoms with Crippen molar-refractivity contribution in [3.8, 4) is 0 Å². The highest BCUT2D eigenvalue weighted by Gasteiger charge is 2.21. The molecule has 1 heterocycles. The molecular formula is C16H28F2N2O. The highest BCUT2D eigenvalue weighted by atomic mass is 19.3. The average molecular weight is 302 g/mol. The summed E-state index contributed by atoms with van der Waals surface area (Å²) in [6.07, 6.45) is 8.60. The summed E-state index contributed by atoms with van der Waals surface area (Å²) in [5.41, 5.74) is 0. The van der Waals surface area contributed by atoms with Crippen LogP contribution in [0.15, 0.2) is 4.42 Å². The molecule has 0 unspecified atom stereocenters. The summed E-state index contributed by atoms with van der Waals surface area (Å²) < 4.78 is 30.3. The van der Waals surface area contributed by atoms with E-state index in [4.69, 9.17) is 4.42 Å². The van der Waals surface area contributed by atoms with Crippen LogP contribution in [0.2, 0.25) is 0 Å². The molecule has 0 aliphatic carbocycles. The van der Waals surface area contributed by atoms with E-state index in [9.17, 15) is 8.78 Å². The van der Waals surface area contributed by atoms with Crippen LogP contribution in [-0.2, 0) is 0 Å². The van der Waals surface area contributed by atoms with Gasteiger partial charge in [0.25, 0.3) is 5.89 Å². The van der Waals surface area contributed by atoms with Crippen LogP contribution in [-0.4, -0.2) is 10.2 Å². The summed E-state index contributed by atoms with van der Waals surface area (Å²) >= 11 is 0. The first-order chi connectivity index (χ1) is 10.2. The first kappa shape index (κ1) is 18.1. The van der Waals surface area contributed by atoms with Crippen molar-refractivity contribution in [2.24, 2.45) is 0 Å². The minimum atomic E-state index is -2.67. The molecule has 21 heavy (non-hydrogen) atoms. The maximum Gasteiger partial charge on any atom is 0.314 e. The summed E-state index contributed by atoms with van der Waals surface area (Å²) in [6.45, 7) is 4.35. The fourth-order valence-electron chi connectivity index (χ4n) is 2.53. The van der Waals surface area contributed by atoms with Gasteiger partial charge in [-0.2, -0.15) is 8.78 Å². The van der Waals surface area contributed by atoms with Gasteiger partial charge < -0.3 is 4.42 Å². The van der Waals surface area contributed by atoms with Crippen LogP contribution in [0.1, 0.15) is 102 Å². The summed E-state index contributed by atoms with van der Waals surface area (Å²) in [5.74, 6) is -0.00544. The van der Waals surface area contributed by atoms with Gasteiger partial charge in [0.2, 0.25) is 5.89 Å². The van der Waals surface area contributed by atoms with Crippen molar-refractivity contribution < 1.29 is 13.2 Å². The molecule has 0 radical (unpaired) electrons. The van der Waals surface area contributed by atoms with Crippen molar-refractivity contribution in [3.63, 3.8) is 0 Å². The molecule has 0 bridgehead atoms. The van der Waals surface area contributed by atoms with Crippen LogP contribution >= 0.6 is 0 Å². The van der Waals surface area contributed by atoms with E-state index in [0.29, 0.717) is 5.89 Å². The quantitative estimate of drug-likeness (QED) is 0.442. The molecule has 0 spiro atoms.